The Morgan fingerprint density at radius 1 is 1.62 bits per heavy atom. The van der Waals surface area contributed by atoms with E-state index < -0.39 is 5.97 Å². The Labute approximate surface area is 90.9 Å². The van der Waals surface area contributed by atoms with Crippen LogP contribution in [0.4, 0.5) is 0 Å². The van der Waals surface area contributed by atoms with Crippen LogP contribution in [0.5, 0.6) is 0 Å². The minimum Gasteiger partial charge on any atom is -0.461 e. The summed E-state index contributed by atoms with van der Waals surface area (Å²) in [6, 6.07) is 1.61. The molecule has 0 saturated heterocycles. The Hall–Kier alpha value is -2.11. The maximum atomic E-state index is 11.8. The molecule has 0 radical (unpaired) electrons. The van der Waals surface area contributed by atoms with Gasteiger partial charge in [0.05, 0.1) is 6.61 Å². The molecular formula is C10H11N3O3. The van der Waals surface area contributed by atoms with E-state index in [4.69, 9.17) is 4.74 Å². The molecule has 0 atom stereocenters. The molecule has 0 saturated carbocycles. The summed E-state index contributed by atoms with van der Waals surface area (Å²) in [6.07, 6.45) is 1.58. The number of hydrogen-bond donors (Lipinski definition) is 1. The van der Waals surface area contributed by atoms with Crippen molar-refractivity contribution in [3.8, 4) is 0 Å². The van der Waals surface area contributed by atoms with Crippen molar-refractivity contribution in [2.45, 2.75) is 13.8 Å². The second-order valence-electron chi connectivity index (χ2n) is 3.27. The summed E-state index contributed by atoms with van der Waals surface area (Å²) in [4.78, 5) is 27.4. The largest absolute Gasteiger partial charge is 0.461 e. The van der Waals surface area contributed by atoms with Crippen LogP contribution in [0.15, 0.2) is 17.1 Å². The van der Waals surface area contributed by atoms with Crippen LogP contribution in [0.25, 0.3) is 5.65 Å². The summed E-state index contributed by atoms with van der Waals surface area (Å²) in [5.41, 5.74) is 0.460. The van der Waals surface area contributed by atoms with Gasteiger partial charge in [0.1, 0.15) is 0 Å². The zero-order valence-corrected chi connectivity index (χ0v) is 8.98. The number of fused-ring (bicyclic) bond motifs is 1. The van der Waals surface area contributed by atoms with Gasteiger partial charge in [-0.25, -0.2) is 14.3 Å². The van der Waals surface area contributed by atoms with Crippen LogP contribution in [-0.2, 0) is 4.74 Å². The van der Waals surface area contributed by atoms with Gasteiger partial charge in [0, 0.05) is 17.8 Å². The minimum absolute atomic E-state index is 0.0754. The van der Waals surface area contributed by atoms with Gasteiger partial charge in [0.25, 0.3) is 5.56 Å². The van der Waals surface area contributed by atoms with E-state index in [1.807, 2.05) is 0 Å². The van der Waals surface area contributed by atoms with Gasteiger partial charge in [-0.3, -0.25) is 9.89 Å². The number of carbonyl (C=O) groups excluding carboxylic acids is 1. The molecular weight excluding hydrogens is 210 g/mol. The van der Waals surface area contributed by atoms with Crippen molar-refractivity contribution in [2.24, 2.45) is 0 Å². The first-order chi connectivity index (χ1) is 7.65. The molecule has 0 amide bonds. The highest BCUT2D eigenvalue weighted by atomic mass is 16.5. The normalized spacial score (nSPS) is 10.6. The van der Waals surface area contributed by atoms with E-state index in [1.54, 1.807) is 26.1 Å². The molecule has 6 heteroatoms. The summed E-state index contributed by atoms with van der Waals surface area (Å²) < 4.78 is 6.11. The molecule has 0 aromatic carbocycles. The van der Waals surface area contributed by atoms with Crippen LogP contribution in [0.2, 0.25) is 0 Å². The number of esters is 1. The van der Waals surface area contributed by atoms with Gasteiger partial charge in [0.2, 0.25) is 0 Å². The molecule has 2 aromatic rings. The Morgan fingerprint density at radius 3 is 3.06 bits per heavy atom. The quantitative estimate of drug-likeness (QED) is 0.749. The first kappa shape index (κ1) is 10.4. The third-order valence-electron chi connectivity index (χ3n) is 2.24. The summed E-state index contributed by atoms with van der Waals surface area (Å²) in [7, 11) is 0. The minimum atomic E-state index is -0.569. The lowest BCUT2D eigenvalue weighted by atomic mass is 10.2. The van der Waals surface area contributed by atoms with Gasteiger partial charge in [-0.1, -0.05) is 0 Å². The maximum Gasteiger partial charge on any atom is 0.357 e. The SMILES string of the molecule is CCOC(=O)c1nc2cc[nH]n2c(=O)c1C. The zero-order valence-electron chi connectivity index (χ0n) is 8.98. The summed E-state index contributed by atoms with van der Waals surface area (Å²) >= 11 is 0. The fourth-order valence-corrected chi connectivity index (χ4v) is 1.44. The molecule has 0 bridgehead atoms. The monoisotopic (exact) mass is 221 g/mol. The van der Waals surface area contributed by atoms with Crippen molar-refractivity contribution in [2.75, 3.05) is 6.61 Å². The van der Waals surface area contributed by atoms with Gasteiger partial charge in [-0.05, 0) is 13.8 Å². The lowest BCUT2D eigenvalue weighted by Gasteiger charge is -2.04. The van der Waals surface area contributed by atoms with Gasteiger partial charge < -0.3 is 4.74 Å². The number of H-pyrrole nitrogens is 1. The third-order valence-corrected chi connectivity index (χ3v) is 2.24. The molecule has 84 valence electrons. The van der Waals surface area contributed by atoms with Crippen molar-refractivity contribution in [1.29, 1.82) is 0 Å². The van der Waals surface area contributed by atoms with Crippen molar-refractivity contribution in [3.63, 3.8) is 0 Å². The average Bonchev–Trinajstić information content (AvgIpc) is 2.71. The Balaban J connectivity index is 2.66. The highest BCUT2D eigenvalue weighted by molar-refractivity contribution is 5.89. The number of ether oxygens (including phenoxy) is 1. The molecule has 2 heterocycles. The molecule has 0 fully saturated rings. The molecule has 2 aromatic heterocycles. The number of carbonyl (C=O) groups is 1. The van der Waals surface area contributed by atoms with E-state index in [2.05, 4.69) is 10.1 Å². The standard InChI is InChI=1S/C10H11N3O3/c1-3-16-10(15)8-6(2)9(14)13-7(12-8)4-5-11-13/h4-5,11H,3H2,1-2H3. The number of aromatic amines is 1. The number of nitrogens with zero attached hydrogens (tertiary/aromatic N) is 2. The van der Waals surface area contributed by atoms with Crippen LogP contribution < -0.4 is 5.56 Å². The van der Waals surface area contributed by atoms with Gasteiger partial charge >= 0.3 is 5.97 Å². The highest BCUT2D eigenvalue weighted by Crippen LogP contribution is 2.04. The Kier molecular flexibility index (Phi) is 2.47. The van der Waals surface area contributed by atoms with Crippen LogP contribution >= 0.6 is 0 Å². The highest BCUT2D eigenvalue weighted by Gasteiger charge is 2.16. The van der Waals surface area contributed by atoms with E-state index in [1.165, 1.54) is 4.52 Å². The molecule has 6 nitrogen and oxygen atoms in total. The van der Waals surface area contributed by atoms with E-state index in [0.717, 1.165) is 0 Å². The average molecular weight is 221 g/mol. The van der Waals surface area contributed by atoms with Crippen molar-refractivity contribution >= 4 is 11.6 Å². The molecule has 0 aliphatic carbocycles. The lowest BCUT2D eigenvalue weighted by molar-refractivity contribution is 0.0518. The van der Waals surface area contributed by atoms with Crippen LogP contribution in [0.3, 0.4) is 0 Å². The molecule has 0 spiro atoms. The van der Waals surface area contributed by atoms with Gasteiger partial charge in [-0.2, -0.15) is 0 Å². The van der Waals surface area contributed by atoms with Crippen molar-refractivity contribution < 1.29 is 9.53 Å². The van der Waals surface area contributed by atoms with E-state index in [9.17, 15) is 9.59 Å². The number of rotatable bonds is 2. The molecule has 16 heavy (non-hydrogen) atoms. The van der Waals surface area contributed by atoms with Crippen LogP contribution in [0, 0.1) is 6.92 Å². The third kappa shape index (κ3) is 1.48. The van der Waals surface area contributed by atoms with Crippen molar-refractivity contribution in [3.05, 3.63) is 33.9 Å². The predicted molar refractivity (Wildman–Crippen MR) is 56.5 cm³/mol. The zero-order chi connectivity index (χ0) is 11.7. The number of nitrogens with one attached hydrogen (secondary N) is 1. The van der Waals surface area contributed by atoms with Crippen LogP contribution in [0.1, 0.15) is 23.0 Å². The Morgan fingerprint density at radius 2 is 2.38 bits per heavy atom. The fraction of sp³-hybridized carbons (Fsp3) is 0.300. The molecule has 0 unspecified atom stereocenters. The smallest absolute Gasteiger partial charge is 0.357 e. The van der Waals surface area contributed by atoms with Gasteiger partial charge in [-0.15, -0.1) is 0 Å². The lowest BCUT2D eigenvalue weighted by Crippen LogP contribution is -2.23. The topological polar surface area (TPSA) is 76.5 Å². The second kappa shape index (κ2) is 3.80. The first-order valence-corrected chi connectivity index (χ1v) is 4.89. The summed E-state index contributed by atoms with van der Waals surface area (Å²) in [6.45, 7) is 3.51. The number of aromatic nitrogens is 3. The Bertz CT molecular complexity index is 597. The molecule has 2 rings (SSSR count). The van der Waals surface area contributed by atoms with Crippen molar-refractivity contribution in [1.82, 2.24) is 14.6 Å². The first-order valence-electron chi connectivity index (χ1n) is 4.89. The fourth-order valence-electron chi connectivity index (χ4n) is 1.44. The second-order valence-corrected chi connectivity index (χ2v) is 3.27. The number of hydrogen-bond acceptors (Lipinski definition) is 4. The maximum absolute atomic E-state index is 11.8. The molecule has 0 aliphatic heterocycles. The molecule has 1 N–H and O–H groups in total. The molecule has 0 aliphatic rings. The summed E-state index contributed by atoms with van der Waals surface area (Å²) in [5, 5.41) is 2.72. The van der Waals surface area contributed by atoms with Gasteiger partial charge in [0.15, 0.2) is 11.3 Å². The van der Waals surface area contributed by atoms with E-state index in [-0.39, 0.29) is 23.4 Å². The van der Waals surface area contributed by atoms with Crippen LogP contribution in [-0.4, -0.2) is 27.2 Å². The van der Waals surface area contributed by atoms with E-state index >= 15 is 0 Å². The predicted octanol–water partition coefficient (Wildman–Crippen LogP) is 0.508. The van der Waals surface area contributed by atoms with E-state index in [0.29, 0.717) is 5.65 Å². The summed E-state index contributed by atoms with van der Waals surface area (Å²) in [5.74, 6) is -0.569.